The van der Waals surface area contributed by atoms with Crippen LogP contribution in [0, 0.1) is 0 Å². The smallest absolute Gasteiger partial charge is 0.242 e. The number of nitrogens with one attached hydrogen (secondary N) is 1. The second kappa shape index (κ2) is 8.19. The van der Waals surface area contributed by atoms with Gasteiger partial charge in [-0.05, 0) is 22.3 Å². The highest BCUT2D eigenvalue weighted by Gasteiger charge is 2.39. The lowest BCUT2D eigenvalue weighted by atomic mass is 9.80. The van der Waals surface area contributed by atoms with Crippen LogP contribution in [0.4, 0.5) is 0 Å². The Hall–Kier alpha value is -1.59. The lowest BCUT2D eigenvalue weighted by molar-refractivity contribution is -0.129. The number of nitrogens with two attached hydrogens (primary N) is 1. The zero-order chi connectivity index (χ0) is 15.8. The Labute approximate surface area is 160 Å². The molecule has 1 amide bonds. The molecule has 4 rings (SSSR count). The number of halogens is 2. The van der Waals surface area contributed by atoms with Gasteiger partial charge in [0.05, 0.1) is 0 Å². The van der Waals surface area contributed by atoms with E-state index in [-0.39, 0.29) is 36.8 Å². The number of carbonyl (C=O) groups excluding carboxylic acids is 1. The van der Waals surface area contributed by atoms with Crippen molar-refractivity contribution in [2.24, 2.45) is 5.73 Å². The predicted molar refractivity (Wildman–Crippen MR) is 104 cm³/mol. The van der Waals surface area contributed by atoms with E-state index < -0.39 is 0 Å². The van der Waals surface area contributed by atoms with Gasteiger partial charge in [0.1, 0.15) is 6.04 Å². The van der Waals surface area contributed by atoms with Gasteiger partial charge in [-0.1, -0.05) is 48.5 Å². The Morgan fingerprint density at radius 3 is 2.56 bits per heavy atom. The zero-order valence-corrected chi connectivity index (χ0v) is 15.5. The van der Waals surface area contributed by atoms with E-state index in [4.69, 9.17) is 5.73 Å². The normalized spacial score (nSPS) is 21.9. The Bertz CT molecular complexity index is 739. The molecule has 0 unspecified atom stereocenters. The molecule has 3 N–H and O–H groups in total. The number of carbonyl (C=O) groups is 1. The molecular formula is C19H23Cl2N3O. The Morgan fingerprint density at radius 2 is 1.84 bits per heavy atom. The average Bonchev–Trinajstić information content (AvgIpc) is 2.61. The molecule has 0 radical (unpaired) electrons. The molecule has 2 aromatic rings. The topological polar surface area (TPSA) is 58.4 Å². The van der Waals surface area contributed by atoms with Crippen LogP contribution in [0.3, 0.4) is 0 Å². The summed E-state index contributed by atoms with van der Waals surface area (Å²) in [5.41, 5.74) is 10.6. The molecule has 0 aliphatic carbocycles. The molecule has 1 fully saturated rings. The number of hydrogen-bond acceptors (Lipinski definition) is 3. The quantitative estimate of drug-likeness (QED) is 0.842. The molecule has 25 heavy (non-hydrogen) atoms. The molecule has 0 spiro atoms. The lowest BCUT2D eigenvalue weighted by Crippen LogP contribution is -2.53. The van der Waals surface area contributed by atoms with E-state index in [2.05, 4.69) is 52.7 Å². The predicted octanol–water partition coefficient (Wildman–Crippen LogP) is 2.61. The zero-order valence-electron chi connectivity index (χ0n) is 13.9. The van der Waals surface area contributed by atoms with Crippen molar-refractivity contribution in [2.45, 2.75) is 18.5 Å². The molecule has 2 aliphatic heterocycles. The second-order valence-electron chi connectivity index (χ2n) is 6.32. The minimum Gasteiger partial charge on any atom is -0.353 e. The number of rotatable bonds is 2. The fourth-order valence-corrected chi connectivity index (χ4v) is 3.86. The maximum absolute atomic E-state index is 12.5. The van der Waals surface area contributed by atoms with E-state index in [1.807, 2.05) is 6.07 Å². The van der Waals surface area contributed by atoms with Crippen LogP contribution in [-0.2, 0) is 11.3 Å². The van der Waals surface area contributed by atoms with Gasteiger partial charge in [0.2, 0.25) is 5.91 Å². The first-order valence-corrected chi connectivity index (χ1v) is 8.17. The minimum absolute atomic E-state index is 0. The number of amides is 1. The number of fused-ring (bicyclic) bond motifs is 3. The summed E-state index contributed by atoms with van der Waals surface area (Å²) in [6, 6.07) is 16.8. The third-order valence-electron chi connectivity index (χ3n) is 4.99. The summed E-state index contributed by atoms with van der Waals surface area (Å²) in [7, 11) is 0. The van der Waals surface area contributed by atoms with Crippen molar-refractivity contribution in [3.8, 4) is 0 Å². The van der Waals surface area contributed by atoms with Crippen molar-refractivity contribution >= 4 is 30.7 Å². The third kappa shape index (κ3) is 3.53. The van der Waals surface area contributed by atoms with Crippen molar-refractivity contribution in [3.05, 3.63) is 70.8 Å². The molecule has 2 atom stereocenters. The van der Waals surface area contributed by atoms with Gasteiger partial charge in [0, 0.05) is 32.1 Å². The largest absolute Gasteiger partial charge is 0.353 e. The van der Waals surface area contributed by atoms with Crippen molar-refractivity contribution in [1.29, 1.82) is 0 Å². The molecule has 4 nitrogen and oxygen atoms in total. The molecule has 0 aromatic heterocycles. The van der Waals surface area contributed by atoms with E-state index in [0.29, 0.717) is 12.5 Å². The summed E-state index contributed by atoms with van der Waals surface area (Å²) in [6.07, 6.45) is 0. The van der Waals surface area contributed by atoms with Crippen LogP contribution in [0.2, 0.25) is 0 Å². The van der Waals surface area contributed by atoms with Crippen LogP contribution in [0.25, 0.3) is 0 Å². The van der Waals surface area contributed by atoms with Crippen LogP contribution in [0.1, 0.15) is 34.2 Å². The number of piperazine rings is 1. The van der Waals surface area contributed by atoms with Gasteiger partial charge in [0.25, 0.3) is 0 Å². The van der Waals surface area contributed by atoms with Gasteiger partial charge in [-0.25, -0.2) is 0 Å². The number of nitrogens with zero attached hydrogens (tertiary/aromatic N) is 1. The summed E-state index contributed by atoms with van der Waals surface area (Å²) in [5.74, 6) is 0.415. The highest BCUT2D eigenvalue weighted by Crippen LogP contribution is 2.40. The standard InChI is InChI=1S/C19H21N3O.2ClH/c20-11-13-6-7-15-16(10-13)18-19(23)21-8-9-22(18)12-17(15)14-4-2-1-3-5-14;;/h1-7,10,17-18H,8-9,11-12,20H2,(H,21,23);2*1H/t17-,18+;;/m1../s1. The van der Waals surface area contributed by atoms with E-state index in [1.165, 1.54) is 11.1 Å². The molecule has 2 aliphatic rings. The van der Waals surface area contributed by atoms with Gasteiger partial charge in [-0.15, -0.1) is 24.8 Å². The van der Waals surface area contributed by atoms with Crippen molar-refractivity contribution < 1.29 is 4.79 Å². The van der Waals surface area contributed by atoms with Crippen LogP contribution >= 0.6 is 24.8 Å². The summed E-state index contributed by atoms with van der Waals surface area (Å²) < 4.78 is 0. The van der Waals surface area contributed by atoms with Gasteiger partial charge < -0.3 is 11.1 Å². The van der Waals surface area contributed by atoms with Crippen LogP contribution in [-0.4, -0.2) is 30.4 Å². The van der Waals surface area contributed by atoms with Crippen molar-refractivity contribution in [3.63, 3.8) is 0 Å². The maximum atomic E-state index is 12.5. The van der Waals surface area contributed by atoms with E-state index >= 15 is 0 Å². The van der Waals surface area contributed by atoms with Gasteiger partial charge in [0.15, 0.2) is 0 Å². The fraction of sp³-hybridized carbons (Fsp3) is 0.316. The summed E-state index contributed by atoms with van der Waals surface area (Å²) in [6.45, 7) is 3.00. The minimum atomic E-state index is -0.176. The molecule has 2 aromatic carbocycles. The molecular weight excluding hydrogens is 357 g/mol. The second-order valence-corrected chi connectivity index (χ2v) is 6.32. The first kappa shape index (κ1) is 19.7. The first-order chi connectivity index (χ1) is 11.3. The molecule has 1 saturated heterocycles. The van der Waals surface area contributed by atoms with E-state index in [0.717, 1.165) is 30.8 Å². The summed E-state index contributed by atoms with van der Waals surface area (Å²) in [5, 5.41) is 3.00. The van der Waals surface area contributed by atoms with Gasteiger partial charge >= 0.3 is 0 Å². The highest BCUT2D eigenvalue weighted by atomic mass is 35.5. The summed E-state index contributed by atoms with van der Waals surface area (Å²) in [4.78, 5) is 14.8. The maximum Gasteiger partial charge on any atom is 0.242 e. The molecule has 0 bridgehead atoms. The first-order valence-electron chi connectivity index (χ1n) is 8.17. The van der Waals surface area contributed by atoms with Crippen LogP contribution < -0.4 is 11.1 Å². The Balaban J connectivity index is 0.00000113. The van der Waals surface area contributed by atoms with Crippen LogP contribution in [0.5, 0.6) is 0 Å². The average molecular weight is 380 g/mol. The molecule has 134 valence electrons. The Kier molecular flexibility index (Phi) is 6.47. The lowest BCUT2D eigenvalue weighted by Gasteiger charge is -2.43. The molecule has 6 heteroatoms. The highest BCUT2D eigenvalue weighted by molar-refractivity contribution is 5.86. The van der Waals surface area contributed by atoms with Crippen LogP contribution in [0.15, 0.2) is 48.5 Å². The SMILES string of the molecule is Cl.Cl.NCc1ccc2c(c1)[C@H]1C(=O)NCCN1C[C@@H]2c1ccccc1. The van der Waals surface area contributed by atoms with Crippen molar-refractivity contribution in [2.75, 3.05) is 19.6 Å². The number of benzene rings is 2. The third-order valence-corrected chi connectivity index (χ3v) is 4.99. The number of hydrogen-bond donors (Lipinski definition) is 2. The molecule has 2 heterocycles. The Morgan fingerprint density at radius 1 is 1.08 bits per heavy atom. The van der Waals surface area contributed by atoms with Gasteiger partial charge in [-0.3, -0.25) is 9.69 Å². The monoisotopic (exact) mass is 379 g/mol. The molecule has 0 saturated carbocycles. The summed E-state index contributed by atoms with van der Waals surface area (Å²) >= 11 is 0. The fourth-order valence-electron chi connectivity index (χ4n) is 3.86. The van der Waals surface area contributed by atoms with E-state index in [1.54, 1.807) is 0 Å². The van der Waals surface area contributed by atoms with Gasteiger partial charge in [-0.2, -0.15) is 0 Å². The van der Waals surface area contributed by atoms with E-state index in [9.17, 15) is 4.79 Å². The van der Waals surface area contributed by atoms with Crippen molar-refractivity contribution in [1.82, 2.24) is 10.2 Å².